The Labute approximate surface area is 145 Å². The van der Waals surface area contributed by atoms with Gasteiger partial charge in [0.05, 0.1) is 6.61 Å². The van der Waals surface area contributed by atoms with Gasteiger partial charge in [-0.2, -0.15) is 18.2 Å². The molecule has 0 aliphatic heterocycles. The number of rotatable bonds is 7. The number of nitrogens with zero attached hydrogens (tertiary/aromatic N) is 3. The first kappa shape index (κ1) is 19.0. The average molecular weight is 353 g/mol. The van der Waals surface area contributed by atoms with Gasteiger partial charge in [0, 0.05) is 18.9 Å². The Morgan fingerprint density at radius 3 is 2.52 bits per heavy atom. The van der Waals surface area contributed by atoms with Gasteiger partial charge in [0.2, 0.25) is 11.8 Å². The highest BCUT2D eigenvalue weighted by Gasteiger charge is 2.36. The standard InChI is InChI=1S/C18H22F3N3O/c1-4-5-8-11-25-16-14(18(19,20)21)12-22-17(23-16)24(3)15-10-7-6-9-13(15)2/h6-7,9-10,12H,4-5,8,11H2,1-3H3. The van der Waals surface area contributed by atoms with Gasteiger partial charge in [-0.25, -0.2) is 4.98 Å². The molecule has 1 heterocycles. The lowest BCUT2D eigenvalue weighted by atomic mass is 10.2. The van der Waals surface area contributed by atoms with Gasteiger partial charge in [-0.05, 0) is 25.0 Å². The number of ether oxygens (including phenoxy) is 1. The maximum Gasteiger partial charge on any atom is 0.423 e. The molecule has 0 saturated heterocycles. The highest BCUT2D eigenvalue weighted by molar-refractivity contribution is 5.61. The predicted molar refractivity (Wildman–Crippen MR) is 91.3 cm³/mol. The van der Waals surface area contributed by atoms with Crippen LogP contribution in [0.2, 0.25) is 0 Å². The molecule has 0 bridgehead atoms. The summed E-state index contributed by atoms with van der Waals surface area (Å²) in [6.07, 6.45) is -1.24. The molecule has 0 aliphatic carbocycles. The predicted octanol–water partition coefficient (Wildman–Crippen LogP) is 5.14. The molecule has 136 valence electrons. The summed E-state index contributed by atoms with van der Waals surface area (Å²) >= 11 is 0. The van der Waals surface area contributed by atoms with Gasteiger partial charge in [0.25, 0.3) is 0 Å². The van der Waals surface area contributed by atoms with Crippen molar-refractivity contribution in [3.63, 3.8) is 0 Å². The van der Waals surface area contributed by atoms with Crippen LogP contribution in [0.1, 0.15) is 37.3 Å². The Hall–Kier alpha value is -2.31. The van der Waals surface area contributed by atoms with Crippen molar-refractivity contribution in [2.75, 3.05) is 18.6 Å². The zero-order chi connectivity index (χ0) is 18.4. The number of halogens is 3. The molecule has 0 unspecified atom stereocenters. The molecular formula is C18H22F3N3O. The number of para-hydroxylation sites is 1. The Morgan fingerprint density at radius 1 is 1.16 bits per heavy atom. The van der Waals surface area contributed by atoms with Crippen LogP contribution in [0.25, 0.3) is 0 Å². The maximum absolute atomic E-state index is 13.2. The minimum absolute atomic E-state index is 0.160. The third-order valence-electron chi connectivity index (χ3n) is 3.81. The SMILES string of the molecule is CCCCCOc1nc(N(C)c2ccccc2C)ncc1C(F)(F)F. The molecule has 0 saturated carbocycles. The molecule has 1 aromatic carbocycles. The molecule has 0 aliphatic rings. The van der Waals surface area contributed by atoms with Gasteiger partial charge in [-0.15, -0.1) is 0 Å². The number of aryl methyl sites for hydroxylation is 1. The number of anilines is 2. The van der Waals surface area contributed by atoms with Crippen LogP contribution in [0.3, 0.4) is 0 Å². The van der Waals surface area contributed by atoms with Crippen LogP contribution in [0.5, 0.6) is 5.88 Å². The lowest BCUT2D eigenvalue weighted by Crippen LogP contribution is -2.18. The molecule has 1 aromatic heterocycles. The van der Waals surface area contributed by atoms with E-state index in [1.54, 1.807) is 11.9 Å². The molecule has 2 aromatic rings. The summed E-state index contributed by atoms with van der Waals surface area (Å²) in [5.41, 5.74) is 0.837. The second-order valence-corrected chi connectivity index (χ2v) is 5.79. The summed E-state index contributed by atoms with van der Waals surface area (Å²) in [4.78, 5) is 9.56. The highest BCUT2D eigenvalue weighted by atomic mass is 19.4. The second kappa shape index (κ2) is 8.18. The summed E-state index contributed by atoms with van der Waals surface area (Å²) in [6.45, 7) is 4.13. The Balaban J connectivity index is 2.32. The summed E-state index contributed by atoms with van der Waals surface area (Å²) in [6, 6.07) is 7.52. The first-order valence-corrected chi connectivity index (χ1v) is 8.21. The van der Waals surface area contributed by atoms with Crippen LogP contribution >= 0.6 is 0 Å². The molecule has 7 heteroatoms. The van der Waals surface area contributed by atoms with E-state index >= 15 is 0 Å². The van der Waals surface area contributed by atoms with Crippen molar-refractivity contribution in [2.45, 2.75) is 39.3 Å². The molecular weight excluding hydrogens is 331 g/mol. The average Bonchev–Trinajstić information content (AvgIpc) is 2.57. The molecule has 0 amide bonds. The van der Waals surface area contributed by atoms with E-state index < -0.39 is 17.6 Å². The highest BCUT2D eigenvalue weighted by Crippen LogP contribution is 2.36. The van der Waals surface area contributed by atoms with Gasteiger partial charge in [-0.3, -0.25) is 0 Å². The number of aromatic nitrogens is 2. The van der Waals surface area contributed by atoms with E-state index in [4.69, 9.17) is 4.74 Å². The van der Waals surface area contributed by atoms with Crippen LogP contribution in [-0.2, 0) is 6.18 Å². The van der Waals surface area contributed by atoms with E-state index in [1.807, 2.05) is 38.1 Å². The fourth-order valence-corrected chi connectivity index (χ4v) is 2.39. The summed E-state index contributed by atoms with van der Waals surface area (Å²) < 4.78 is 44.8. The van der Waals surface area contributed by atoms with E-state index in [9.17, 15) is 13.2 Å². The lowest BCUT2D eigenvalue weighted by Gasteiger charge is -2.21. The van der Waals surface area contributed by atoms with Crippen molar-refractivity contribution in [2.24, 2.45) is 0 Å². The monoisotopic (exact) mass is 353 g/mol. The molecule has 25 heavy (non-hydrogen) atoms. The number of hydrogen-bond acceptors (Lipinski definition) is 4. The Morgan fingerprint density at radius 2 is 1.88 bits per heavy atom. The normalized spacial score (nSPS) is 11.4. The first-order chi connectivity index (χ1) is 11.8. The van der Waals surface area contributed by atoms with Gasteiger partial charge >= 0.3 is 6.18 Å². The Kier molecular flexibility index (Phi) is 6.22. The quantitative estimate of drug-likeness (QED) is 0.646. The van der Waals surface area contributed by atoms with E-state index in [2.05, 4.69) is 9.97 Å². The summed E-state index contributed by atoms with van der Waals surface area (Å²) in [5, 5.41) is 0. The third kappa shape index (κ3) is 4.84. The van der Waals surface area contributed by atoms with Crippen LogP contribution in [0.4, 0.5) is 24.8 Å². The molecule has 0 atom stereocenters. The van der Waals surface area contributed by atoms with Crippen LogP contribution in [0, 0.1) is 6.92 Å². The number of alkyl halides is 3. The van der Waals surface area contributed by atoms with Gasteiger partial charge in [0.1, 0.15) is 5.56 Å². The molecule has 2 rings (SSSR count). The van der Waals surface area contributed by atoms with Crippen molar-refractivity contribution >= 4 is 11.6 Å². The molecule has 0 fully saturated rings. The van der Waals surface area contributed by atoms with Crippen LogP contribution in [-0.4, -0.2) is 23.6 Å². The van der Waals surface area contributed by atoms with Crippen molar-refractivity contribution in [3.8, 4) is 5.88 Å². The molecule has 0 radical (unpaired) electrons. The van der Waals surface area contributed by atoms with E-state index in [0.717, 1.165) is 30.3 Å². The van der Waals surface area contributed by atoms with Crippen molar-refractivity contribution in [1.29, 1.82) is 0 Å². The summed E-state index contributed by atoms with van der Waals surface area (Å²) in [5.74, 6) is -0.262. The summed E-state index contributed by atoms with van der Waals surface area (Å²) in [7, 11) is 1.71. The lowest BCUT2D eigenvalue weighted by molar-refractivity contribution is -0.139. The van der Waals surface area contributed by atoms with Crippen LogP contribution in [0.15, 0.2) is 30.5 Å². The van der Waals surface area contributed by atoms with E-state index in [0.29, 0.717) is 6.42 Å². The smallest absolute Gasteiger partial charge is 0.423 e. The van der Waals surface area contributed by atoms with Crippen LogP contribution < -0.4 is 9.64 Å². The van der Waals surface area contributed by atoms with Crippen molar-refractivity contribution < 1.29 is 17.9 Å². The number of hydrogen-bond donors (Lipinski definition) is 0. The van der Waals surface area contributed by atoms with Gasteiger partial charge < -0.3 is 9.64 Å². The minimum Gasteiger partial charge on any atom is -0.477 e. The first-order valence-electron chi connectivity index (χ1n) is 8.21. The Bertz CT molecular complexity index is 704. The molecule has 0 spiro atoms. The second-order valence-electron chi connectivity index (χ2n) is 5.79. The third-order valence-corrected chi connectivity index (χ3v) is 3.81. The van der Waals surface area contributed by atoms with Crippen molar-refractivity contribution in [1.82, 2.24) is 9.97 Å². The van der Waals surface area contributed by atoms with Gasteiger partial charge in [-0.1, -0.05) is 38.0 Å². The van der Waals surface area contributed by atoms with E-state index in [-0.39, 0.29) is 12.6 Å². The molecule has 0 N–H and O–H groups in total. The number of unbranched alkanes of at least 4 members (excludes halogenated alkanes) is 2. The zero-order valence-electron chi connectivity index (χ0n) is 14.6. The maximum atomic E-state index is 13.2. The molecule has 4 nitrogen and oxygen atoms in total. The minimum atomic E-state index is -4.56. The number of benzene rings is 1. The van der Waals surface area contributed by atoms with Crippen molar-refractivity contribution in [3.05, 3.63) is 41.6 Å². The van der Waals surface area contributed by atoms with Gasteiger partial charge in [0.15, 0.2) is 0 Å². The fourth-order valence-electron chi connectivity index (χ4n) is 2.39. The fraction of sp³-hybridized carbons (Fsp3) is 0.444. The zero-order valence-corrected chi connectivity index (χ0v) is 14.6. The topological polar surface area (TPSA) is 38.2 Å². The van der Waals surface area contributed by atoms with E-state index in [1.165, 1.54) is 0 Å². The largest absolute Gasteiger partial charge is 0.477 e.